The Morgan fingerprint density at radius 1 is 1.30 bits per heavy atom. The summed E-state index contributed by atoms with van der Waals surface area (Å²) in [6, 6.07) is 8.09. The molecular weight excluding hydrogens is 273 g/mol. The fourth-order valence-electron chi connectivity index (χ4n) is 1.34. The summed E-state index contributed by atoms with van der Waals surface area (Å²) < 4.78 is 40.7. The standard InChI is InChI=1S/C13H13F3N2O2/c14-13(15,16)6-1-7-18-12(19)9-20-11-4-2-10(8-17)3-5-11/h2-5H,1,6-7,9H2,(H,18,19). The minimum atomic E-state index is -4.20. The van der Waals surface area contributed by atoms with Crippen molar-refractivity contribution < 1.29 is 22.7 Å². The zero-order chi connectivity index (χ0) is 15.0. The van der Waals surface area contributed by atoms with Gasteiger partial charge >= 0.3 is 6.18 Å². The maximum Gasteiger partial charge on any atom is 0.389 e. The van der Waals surface area contributed by atoms with E-state index in [-0.39, 0.29) is 19.6 Å². The molecule has 0 aliphatic carbocycles. The van der Waals surface area contributed by atoms with E-state index in [1.54, 1.807) is 0 Å². The van der Waals surface area contributed by atoms with E-state index in [1.165, 1.54) is 24.3 Å². The molecule has 0 heterocycles. The summed E-state index contributed by atoms with van der Waals surface area (Å²) in [7, 11) is 0. The predicted octanol–water partition coefficient (Wildman–Crippen LogP) is 2.40. The molecule has 0 atom stereocenters. The van der Waals surface area contributed by atoms with Gasteiger partial charge in [0.25, 0.3) is 5.91 Å². The van der Waals surface area contributed by atoms with Crippen molar-refractivity contribution in [2.24, 2.45) is 0 Å². The van der Waals surface area contributed by atoms with Gasteiger partial charge in [-0.25, -0.2) is 0 Å². The van der Waals surface area contributed by atoms with Crippen LogP contribution in [0.15, 0.2) is 24.3 Å². The number of carbonyl (C=O) groups is 1. The Balaban J connectivity index is 2.21. The number of halogens is 3. The van der Waals surface area contributed by atoms with Crippen LogP contribution in [0.4, 0.5) is 13.2 Å². The Morgan fingerprint density at radius 3 is 2.50 bits per heavy atom. The highest BCUT2D eigenvalue weighted by atomic mass is 19.4. The Labute approximate surface area is 114 Å². The topological polar surface area (TPSA) is 62.1 Å². The third-order valence-electron chi connectivity index (χ3n) is 2.31. The first-order valence-corrected chi connectivity index (χ1v) is 5.87. The van der Waals surface area contributed by atoms with Gasteiger partial charge in [0.2, 0.25) is 0 Å². The fourth-order valence-corrected chi connectivity index (χ4v) is 1.34. The molecule has 108 valence electrons. The Bertz CT molecular complexity index is 478. The van der Waals surface area contributed by atoms with E-state index in [0.29, 0.717) is 11.3 Å². The number of alkyl halides is 3. The summed E-state index contributed by atoms with van der Waals surface area (Å²) >= 11 is 0. The number of amides is 1. The van der Waals surface area contributed by atoms with E-state index in [9.17, 15) is 18.0 Å². The van der Waals surface area contributed by atoms with Gasteiger partial charge in [-0.15, -0.1) is 0 Å². The number of hydrogen-bond donors (Lipinski definition) is 1. The number of rotatable bonds is 6. The number of nitrogens with zero attached hydrogens (tertiary/aromatic N) is 1. The lowest BCUT2D eigenvalue weighted by Gasteiger charge is -2.08. The molecular formula is C13H13F3N2O2. The molecule has 0 saturated heterocycles. The summed E-state index contributed by atoms with van der Waals surface area (Å²) in [6.07, 6.45) is -5.29. The second-order valence-electron chi connectivity index (χ2n) is 3.99. The average molecular weight is 286 g/mol. The molecule has 4 nitrogen and oxygen atoms in total. The van der Waals surface area contributed by atoms with Gasteiger partial charge in [0.15, 0.2) is 6.61 Å². The van der Waals surface area contributed by atoms with Gasteiger partial charge in [-0.05, 0) is 30.7 Å². The van der Waals surface area contributed by atoms with Crippen molar-refractivity contribution in [3.05, 3.63) is 29.8 Å². The van der Waals surface area contributed by atoms with Crippen LogP contribution in [0.1, 0.15) is 18.4 Å². The normalized spacial score (nSPS) is 10.7. The minimum absolute atomic E-state index is 0.0466. The highest BCUT2D eigenvalue weighted by Crippen LogP contribution is 2.20. The number of carbonyl (C=O) groups excluding carboxylic acids is 1. The van der Waals surface area contributed by atoms with Crippen molar-refractivity contribution in [1.82, 2.24) is 5.32 Å². The SMILES string of the molecule is N#Cc1ccc(OCC(=O)NCCCC(F)(F)F)cc1. The summed E-state index contributed by atoms with van der Waals surface area (Å²) in [5.41, 5.74) is 0.467. The fraction of sp³-hybridized carbons (Fsp3) is 0.385. The third-order valence-corrected chi connectivity index (χ3v) is 2.31. The minimum Gasteiger partial charge on any atom is -0.484 e. The van der Waals surface area contributed by atoms with Crippen molar-refractivity contribution in [3.8, 4) is 11.8 Å². The van der Waals surface area contributed by atoms with E-state index < -0.39 is 18.5 Å². The molecule has 0 bridgehead atoms. The molecule has 1 rings (SSSR count). The van der Waals surface area contributed by atoms with Crippen LogP contribution >= 0.6 is 0 Å². The van der Waals surface area contributed by atoms with Crippen LogP contribution in [0.5, 0.6) is 5.75 Å². The van der Waals surface area contributed by atoms with Gasteiger partial charge in [0, 0.05) is 13.0 Å². The van der Waals surface area contributed by atoms with Gasteiger partial charge in [-0.1, -0.05) is 0 Å². The Morgan fingerprint density at radius 2 is 1.95 bits per heavy atom. The van der Waals surface area contributed by atoms with Crippen LogP contribution in [0.3, 0.4) is 0 Å². The quantitative estimate of drug-likeness (QED) is 0.817. The molecule has 1 aromatic carbocycles. The van der Waals surface area contributed by atoms with Gasteiger partial charge < -0.3 is 10.1 Å². The van der Waals surface area contributed by atoms with Crippen LogP contribution in [-0.2, 0) is 4.79 Å². The third kappa shape index (κ3) is 6.64. The summed E-state index contributed by atoms with van der Waals surface area (Å²) in [4.78, 5) is 11.3. The van der Waals surface area contributed by atoms with E-state index in [4.69, 9.17) is 10.00 Å². The predicted molar refractivity (Wildman–Crippen MR) is 65.0 cm³/mol. The summed E-state index contributed by atoms with van der Waals surface area (Å²) in [6.45, 7) is -0.326. The molecule has 0 unspecified atom stereocenters. The second-order valence-corrected chi connectivity index (χ2v) is 3.99. The summed E-state index contributed by atoms with van der Waals surface area (Å²) in [5.74, 6) is -0.0778. The van der Waals surface area contributed by atoms with Crippen molar-refractivity contribution in [2.75, 3.05) is 13.2 Å². The van der Waals surface area contributed by atoms with Crippen molar-refractivity contribution in [3.63, 3.8) is 0 Å². The number of ether oxygens (including phenoxy) is 1. The molecule has 0 aromatic heterocycles. The molecule has 0 aliphatic heterocycles. The van der Waals surface area contributed by atoms with E-state index in [0.717, 1.165) is 0 Å². The van der Waals surface area contributed by atoms with Crippen LogP contribution in [0, 0.1) is 11.3 Å². The maximum absolute atomic E-state index is 11.9. The zero-order valence-electron chi connectivity index (χ0n) is 10.5. The van der Waals surface area contributed by atoms with Crippen molar-refractivity contribution in [2.45, 2.75) is 19.0 Å². The molecule has 1 aromatic rings. The molecule has 0 saturated carbocycles. The lowest BCUT2D eigenvalue weighted by molar-refractivity contribution is -0.136. The zero-order valence-corrected chi connectivity index (χ0v) is 10.5. The highest BCUT2D eigenvalue weighted by molar-refractivity contribution is 5.77. The monoisotopic (exact) mass is 286 g/mol. The Kier molecular flexibility index (Phi) is 5.84. The van der Waals surface area contributed by atoms with Crippen LogP contribution in [0.2, 0.25) is 0 Å². The second kappa shape index (κ2) is 7.38. The van der Waals surface area contributed by atoms with Crippen LogP contribution in [-0.4, -0.2) is 25.2 Å². The number of nitrogens with one attached hydrogen (secondary N) is 1. The molecule has 1 amide bonds. The van der Waals surface area contributed by atoms with E-state index >= 15 is 0 Å². The largest absolute Gasteiger partial charge is 0.484 e. The lowest BCUT2D eigenvalue weighted by Crippen LogP contribution is -2.30. The molecule has 20 heavy (non-hydrogen) atoms. The van der Waals surface area contributed by atoms with Crippen LogP contribution in [0.25, 0.3) is 0 Å². The average Bonchev–Trinajstić information content (AvgIpc) is 2.41. The highest BCUT2D eigenvalue weighted by Gasteiger charge is 2.25. The molecule has 0 radical (unpaired) electrons. The lowest BCUT2D eigenvalue weighted by atomic mass is 10.2. The summed E-state index contributed by atoms with van der Waals surface area (Å²) in [5, 5.41) is 10.9. The molecule has 7 heteroatoms. The first-order valence-electron chi connectivity index (χ1n) is 5.87. The number of benzene rings is 1. The number of hydrogen-bond acceptors (Lipinski definition) is 3. The van der Waals surface area contributed by atoms with Gasteiger partial charge in [-0.2, -0.15) is 18.4 Å². The van der Waals surface area contributed by atoms with Crippen LogP contribution < -0.4 is 10.1 Å². The maximum atomic E-state index is 11.9. The molecule has 0 fully saturated rings. The number of nitriles is 1. The van der Waals surface area contributed by atoms with E-state index in [2.05, 4.69) is 5.32 Å². The first kappa shape index (κ1) is 15.8. The molecule has 1 N–H and O–H groups in total. The van der Waals surface area contributed by atoms with Crippen molar-refractivity contribution in [1.29, 1.82) is 5.26 Å². The van der Waals surface area contributed by atoms with Crippen molar-refractivity contribution >= 4 is 5.91 Å². The molecule has 0 aliphatic rings. The Hall–Kier alpha value is -2.23. The smallest absolute Gasteiger partial charge is 0.389 e. The molecule has 0 spiro atoms. The van der Waals surface area contributed by atoms with Gasteiger partial charge in [-0.3, -0.25) is 4.79 Å². The first-order chi connectivity index (χ1) is 9.40. The van der Waals surface area contributed by atoms with E-state index in [1.807, 2.05) is 6.07 Å². The van der Waals surface area contributed by atoms with Gasteiger partial charge in [0.1, 0.15) is 5.75 Å². The van der Waals surface area contributed by atoms with Gasteiger partial charge in [0.05, 0.1) is 11.6 Å².